The Morgan fingerprint density at radius 1 is 1.17 bits per heavy atom. The number of nitrogens with one attached hydrogen (secondary N) is 1. The molecule has 1 N–H and O–H groups in total. The minimum absolute atomic E-state index is 0.0252. The lowest BCUT2D eigenvalue weighted by atomic mass is 9.86. The molecule has 8 nitrogen and oxygen atoms in total. The van der Waals surface area contributed by atoms with Gasteiger partial charge in [-0.1, -0.05) is 0 Å². The summed E-state index contributed by atoms with van der Waals surface area (Å²) in [5.74, 6) is -2.19. The number of amides is 2. The van der Waals surface area contributed by atoms with E-state index in [2.05, 4.69) is 15.0 Å². The summed E-state index contributed by atoms with van der Waals surface area (Å²) in [5, 5.41) is 2.87. The molecule has 0 spiro atoms. The zero-order valence-electron chi connectivity index (χ0n) is 19.3. The predicted molar refractivity (Wildman–Crippen MR) is 121 cm³/mol. The molecule has 0 unspecified atom stereocenters. The Bertz CT molecular complexity index is 1300. The van der Waals surface area contributed by atoms with E-state index in [0.29, 0.717) is 5.56 Å². The van der Waals surface area contributed by atoms with Gasteiger partial charge in [-0.15, -0.1) is 0 Å². The first-order chi connectivity index (χ1) is 16.2. The summed E-state index contributed by atoms with van der Waals surface area (Å²) >= 11 is 0. The van der Waals surface area contributed by atoms with Gasteiger partial charge in [0.05, 0.1) is 28.2 Å². The molecule has 0 aliphatic carbocycles. The number of fused-ring (bicyclic) bond motifs is 1. The zero-order chi connectivity index (χ0) is 25.8. The van der Waals surface area contributed by atoms with Crippen LogP contribution in [0.1, 0.15) is 49.5 Å². The molecule has 1 fully saturated rings. The van der Waals surface area contributed by atoms with Crippen LogP contribution in [0, 0.1) is 5.82 Å². The van der Waals surface area contributed by atoms with Gasteiger partial charge in [-0.05, 0) is 51.8 Å². The van der Waals surface area contributed by atoms with Crippen LogP contribution in [0.5, 0.6) is 5.75 Å². The minimum Gasteiger partial charge on any atom is -0.435 e. The van der Waals surface area contributed by atoms with E-state index < -0.39 is 45.0 Å². The zero-order valence-corrected chi connectivity index (χ0v) is 20.1. The van der Waals surface area contributed by atoms with Crippen LogP contribution in [0.4, 0.5) is 24.7 Å². The lowest BCUT2D eigenvalue weighted by molar-refractivity contribution is -0.121. The summed E-state index contributed by atoms with van der Waals surface area (Å²) in [6.07, 6.45) is 1.77. The fourth-order valence-electron chi connectivity index (χ4n) is 4.23. The quantitative estimate of drug-likeness (QED) is 0.659. The highest BCUT2D eigenvalue weighted by Gasteiger charge is 2.47. The van der Waals surface area contributed by atoms with Crippen molar-refractivity contribution in [3.63, 3.8) is 0 Å². The van der Waals surface area contributed by atoms with Crippen molar-refractivity contribution in [3.8, 4) is 5.75 Å². The molecular formula is C23H24F3N3O5S. The first kappa shape index (κ1) is 25.0. The molecule has 3 heterocycles. The van der Waals surface area contributed by atoms with Crippen LogP contribution < -0.4 is 15.0 Å². The Hall–Kier alpha value is -3.15. The molecule has 0 bridgehead atoms. The Morgan fingerprint density at radius 3 is 2.46 bits per heavy atom. The molecule has 35 heavy (non-hydrogen) atoms. The number of nitrogens with zero attached hydrogens (tertiary/aromatic N) is 2. The molecule has 2 aliphatic rings. The molecule has 4 rings (SSSR count). The fraction of sp³-hybridized carbons (Fsp3) is 0.435. The summed E-state index contributed by atoms with van der Waals surface area (Å²) in [5.41, 5.74) is -1.72. The second-order valence-corrected chi connectivity index (χ2v) is 11.8. The van der Waals surface area contributed by atoms with E-state index in [4.69, 9.17) is 0 Å². The number of hydrogen-bond donors (Lipinski definition) is 1. The number of carbonyl (C=O) groups excluding carboxylic acids is 2. The SMILES string of the molecule is CC1(NC(=O)c2cnc3c(c2)C(C)(C)C(=O)N3c2cc(OC(F)F)ccc2F)CCS(=O)(=O)CC1. The Labute approximate surface area is 200 Å². The van der Waals surface area contributed by atoms with Gasteiger partial charge in [-0.25, -0.2) is 17.8 Å². The van der Waals surface area contributed by atoms with E-state index in [-0.39, 0.29) is 47.2 Å². The normalized spacial score (nSPS) is 20.0. The molecule has 0 radical (unpaired) electrons. The highest BCUT2D eigenvalue weighted by atomic mass is 32.2. The smallest absolute Gasteiger partial charge is 0.387 e. The maximum absolute atomic E-state index is 14.7. The fourth-order valence-corrected chi connectivity index (χ4v) is 5.96. The summed E-state index contributed by atoms with van der Waals surface area (Å²) in [6, 6.07) is 4.41. The van der Waals surface area contributed by atoms with Crippen molar-refractivity contribution >= 4 is 33.2 Å². The summed E-state index contributed by atoms with van der Waals surface area (Å²) in [7, 11) is -3.12. The number of rotatable bonds is 5. The molecule has 2 aromatic rings. The maximum atomic E-state index is 14.7. The van der Waals surface area contributed by atoms with E-state index in [9.17, 15) is 31.2 Å². The number of pyridine rings is 1. The molecule has 0 atom stereocenters. The Morgan fingerprint density at radius 2 is 1.83 bits per heavy atom. The van der Waals surface area contributed by atoms with Crippen LogP contribution >= 0.6 is 0 Å². The van der Waals surface area contributed by atoms with Gasteiger partial charge in [-0.2, -0.15) is 8.78 Å². The van der Waals surface area contributed by atoms with Gasteiger partial charge in [-0.3, -0.25) is 14.5 Å². The second kappa shape index (κ2) is 8.51. The lowest BCUT2D eigenvalue weighted by Crippen LogP contribution is -2.51. The van der Waals surface area contributed by atoms with Gasteiger partial charge in [0.2, 0.25) is 5.91 Å². The van der Waals surface area contributed by atoms with Gasteiger partial charge in [0, 0.05) is 23.4 Å². The molecule has 1 aromatic carbocycles. The number of alkyl halides is 2. The van der Waals surface area contributed by atoms with Crippen molar-refractivity contribution in [2.45, 2.75) is 51.2 Å². The van der Waals surface area contributed by atoms with Crippen LogP contribution in [0.3, 0.4) is 0 Å². The van der Waals surface area contributed by atoms with Gasteiger partial charge < -0.3 is 10.1 Å². The van der Waals surface area contributed by atoms with Crippen molar-refractivity contribution in [2.75, 3.05) is 16.4 Å². The van der Waals surface area contributed by atoms with Crippen molar-refractivity contribution in [1.29, 1.82) is 0 Å². The third-order valence-electron chi connectivity index (χ3n) is 6.48. The van der Waals surface area contributed by atoms with Gasteiger partial charge in [0.25, 0.3) is 5.91 Å². The number of aromatic nitrogens is 1. The minimum atomic E-state index is -3.13. The summed E-state index contributed by atoms with van der Waals surface area (Å²) < 4.78 is 67.8. The monoisotopic (exact) mass is 511 g/mol. The van der Waals surface area contributed by atoms with Crippen LogP contribution in [-0.2, 0) is 20.0 Å². The van der Waals surface area contributed by atoms with Crippen molar-refractivity contribution in [2.24, 2.45) is 0 Å². The predicted octanol–water partition coefficient (Wildman–Crippen LogP) is 3.48. The van der Waals surface area contributed by atoms with Crippen molar-refractivity contribution in [3.05, 3.63) is 47.4 Å². The molecule has 1 saturated heterocycles. The number of benzene rings is 1. The van der Waals surface area contributed by atoms with E-state index in [1.165, 1.54) is 12.3 Å². The highest BCUT2D eigenvalue weighted by molar-refractivity contribution is 7.91. The number of carbonyl (C=O) groups is 2. The van der Waals surface area contributed by atoms with E-state index in [1.54, 1.807) is 20.8 Å². The molecule has 2 amide bonds. The number of halogens is 3. The summed E-state index contributed by atoms with van der Waals surface area (Å²) in [4.78, 5) is 31.5. The second-order valence-electron chi connectivity index (χ2n) is 9.52. The number of anilines is 2. The third-order valence-corrected chi connectivity index (χ3v) is 8.13. The van der Waals surface area contributed by atoms with E-state index >= 15 is 0 Å². The number of sulfone groups is 1. The average molecular weight is 512 g/mol. The van der Waals surface area contributed by atoms with Crippen LogP contribution in [0.15, 0.2) is 30.5 Å². The van der Waals surface area contributed by atoms with E-state index in [1.807, 2.05) is 0 Å². The van der Waals surface area contributed by atoms with Crippen molar-refractivity contribution in [1.82, 2.24) is 10.3 Å². The van der Waals surface area contributed by atoms with Crippen molar-refractivity contribution < 1.29 is 35.9 Å². The van der Waals surface area contributed by atoms with E-state index in [0.717, 1.165) is 23.1 Å². The number of ether oxygens (including phenoxy) is 1. The van der Waals surface area contributed by atoms with Gasteiger partial charge in [0.15, 0.2) is 0 Å². The first-order valence-electron chi connectivity index (χ1n) is 10.8. The van der Waals surface area contributed by atoms with Gasteiger partial charge in [0.1, 0.15) is 27.2 Å². The first-order valence-corrected chi connectivity index (χ1v) is 12.7. The molecule has 1 aromatic heterocycles. The standard InChI is InChI=1S/C23H24F3N3O5S/c1-22(2)15-10-13(19(30)28-23(3)6-8-35(32,33)9-7-23)12-27-18(15)29(20(22)31)17-11-14(34-21(25)26)4-5-16(17)24/h4-5,10-12,21H,6-9H2,1-3H3,(H,28,30). The highest BCUT2D eigenvalue weighted by Crippen LogP contribution is 2.45. The molecule has 12 heteroatoms. The molecule has 0 saturated carbocycles. The topological polar surface area (TPSA) is 106 Å². The average Bonchev–Trinajstić information content (AvgIpc) is 2.97. The van der Waals surface area contributed by atoms with Gasteiger partial charge >= 0.3 is 6.61 Å². The molecular weight excluding hydrogens is 487 g/mol. The lowest BCUT2D eigenvalue weighted by Gasteiger charge is -2.34. The van der Waals surface area contributed by atoms with Crippen LogP contribution in [0.2, 0.25) is 0 Å². The maximum Gasteiger partial charge on any atom is 0.387 e. The Kier molecular flexibility index (Phi) is 6.06. The molecule has 2 aliphatic heterocycles. The molecule has 188 valence electrons. The Balaban J connectivity index is 1.66. The largest absolute Gasteiger partial charge is 0.435 e. The van der Waals surface area contributed by atoms with Crippen LogP contribution in [-0.4, -0.2) is 48.9 Å². The van der Waals surface area contributed by atoms with Crippen LogP contribution in [0.25, 0.3) is 0 Å². The third kappa shape index (κ3) is 4.71. The number of hydrogen-bond acceptors (Lipinski definition) is 6. The summed E-state index contributed by atoms with van der Waals surface area (Å²) in [6.45, 7) is 1.81.